The van der Waals surface area contributed by atoms with Crippen molar-refractivity contribution in [2.24, 2.45) is 29.6 Å². The Kier molecular flexibility index (Phi) is 8.44. The highest BCUT2D eigenvalue weighted by molar-refractivity contribution is 6.03. The van der Waals surface area contributed by atoms with Gasteiger partial charge in [-0.05, 0) is 91.7 Å². The van der Waals surface area contributed by atoms with E-state index in [-0.39, 0.29) is 23.8 Å². The van der Waals surface area contributed by atoms with Gasteiger partial charge in [0.05, 0.1) is 0 Å². The fourth-order valence-electron chi connectivity index (χ4n) is 7.19. The van der Waals surface area contributed by atoms with Gasteiger partial charge in [0, 0.05) is 45.9 Å². The van der Waals surface area contributed by atoms with Gasteiger partial charge in [0.25, 0.3) is 5.91 Å². The number of rotatable bonds is 7. The topological polar surface area (TPSA) is 74.0 Å². The van der Waals surface area contributed by atoms with Crippen LogP contribution in [0.1, 0.15) is 89.4 Å². The van der Waals surface area contributed by atoms with Gasteiger partial charge in [0.2, 0.25) is 5.91 Å². The monoisotopic (exact) mass is 527 g/mol. The summed E-state index contributed by atoms with van der Waals surface area (Å²) >= 11 is 0. The number of nitrogens with one attached hydrogen (secondary N) is 3. The van der Waals surface area contributed by atoms with Crippen LogP contribution in [-0.4, -0.2) is 22.8 Å². The molecule has 2 aliphatic carbocycles. The lowest BCUT2D eigenvalue weighted by molar-refractivity contribution is -0.120. The van der Waals surface area contributed by atoms with Gasteiger partial charge in [0.15, 0.2) is 0 Å². The molecule has 2 aromatic carbocycles. The number of carbonyl (C=O) groups excluding carboxylic acids is 2. The van der Waals surface area contributed by atoms with Gasteiger partial charge in [-0.25, -0.2) is 0 Å². The van der Waals surface area contributed by atoms with Crippen molar-refractivity contribution in [3.63, 3.8) is 0 Å². The second-order valence-electron chi connectivity index (χ2n) is 12.8. The molecule has 208 valence electrons. The number of aromatic amines is 1. The second-order valence-corrected chi connectivity index (χ2v) is 12.8. The highest BCUT2D eigenvalue weighted by Gasteiger charge is 2.35. The lowest BCUT2D eigenvalue weighted by Gasteiger charge is -2.41. The number of hydrogen-bond acceptors (Lipinski definition) is 2. The predicted molar refractivity (Wildman–Crippen MR) is 161 cm³/mol. The van der Waals surface area contributed by atoms with Crippen LogP contribution in [0.15, 0.2) is 48.7 Å². The van der Waals surface area contributed by atoms with Gasteiger partial charge in [-0.1, -0.05) is 59.1 Å². The third-order valence-electron chi connectivity index (χ3n) is 9.06. The summed E-state index contributed by atoms with van der Waals surface area (Å²) in [7, 11) is 0. The zero-order chi connectivity index (χ0) is 27.5. The van der Waals surface area contributed by atoms with Crippen LogP contribution in [0.3, 0.4) is 0 Å². The number of aromatic nitrogens is 1. The molecule has 1 aromatic heterocycles. The summed E-state index contributed by atoms with van der Waals surface area (Å²) in [6, 6.07) is 14.2. The highest BCUT2D eigenvalue weighted by atomic mass is 16.2. The first-order chi connectivity index (χ1) is 18.8. The first-order valence-electron chi connectivity index (χ1n) is 15.1. The first-order valence-corrected chi connectivity index (χ1v) is 15.1. The van der Waals surface area contributed by atoms with Crippen molar-refractivity contribution in [2.75, 3.05) is 5.32 Å². The van der Waals surface area contributed by atoms with Gasteiger partial charge in [-0.15, -0.1) is 0 Å². The van der Waals surface area contributed by atoms with Crippen LogP contribution in [-0.2, 0) is 4.79 Å². The summed E-state index contributed by atoms with van der Waals surface area (Å²) in [6.45, 7) is 9.20. The van der Waals surface area contributed by atoms with E-state index < -0.39 is 0 Å². The second kappa shape index (κ2) is 12.0. The maximum atomic E-state index is 13.5. The summed E-state index contributed by atoms with van der Waals surface area (Å²) in [4.78, 5) is 29.5. The predicted octanol–water partition coefficient (Wildman–Crippen LogP) is 8.18. The lowest BCUT2D eigenvalue weighted by Crippen LogP contribution is -2.48. The summed E-state index contributed by atoms with van der Waals surface area (Å²) < 4.78 is 0. The fourth-order valence-corrected chi connectivity index (χ4v) is 7.19. The van der Waals surface area contributed by atoms with Crippen LogP contribution in [0.25, 0.3) is 22.0 Å². The molecule has 5 nitrogen and oxygen atoms in total. The van der Waals surface area contributed by atoms with Gasteiger partial charge in [-0.2, -0.15) is 0 Å². The molecule has 3 aromatic rings. The van der Waals surface area contributed by atoms with Crippen molar-refractivity contribution < 1.29 is 9.59 Å². The smallest absolute Gasteiger partial charge is 0.251 e. The zero-order valence-corrected chi connectivity index (χ0v) is 24.1. The third-order valence-corrected chi connectivity index (χ3v) is 9.06. The van der Waals surface area contributed by atoms with Crippen LogP contribution in [0.2, 0.25) is 0 Å². The van der Waals surface area contributed by atoms with Gasteiger partial charge in [-0.3, -0.25) is 9.59 Å². The Bertz CT molecular complexity index is 1280. The van der Waals surface area contributed by atoms with E-state index in [0.29, 0.717) is 29.2 Å². The van der Waals surface area contributed by atoms with Crippen LogP contribution < -0.4 is 10.6 Å². The molecule has 3 N–H and O–H groups in total. The van der Waals surface area contributed by atoms with Gasteiger partial charge < -0.3 is 15.6 Å². The average Bonchev–Trinajstić information content (AvgIpc) is 3.34. The van der Waals surface area contributed by atoms with Crippen molar-refractivity contribution in [1.29, 1.82) is 0 Å². The van der Waals surface area contributed by atoms with Crippen molar-refractivity contribution in [2.45, 2.75) is 85.1 Å². The zero-order valence-electron chi connectivity index (χ0n) is 24.1. The van der Waals surface area contributed by atoms with Crippen LogP contribution in [0.4, 0.5) is 5.69 Å². The Hall–Kier alpha value is -3.08. The Morgan fingerprint density at radius 2 is 1.72 bits per heavy atom. The number of anilines is 1. The van der Waals surface area contributed by atoms with E-state index in [1.54, 1.807) is 0 Å². The molecule has 4 unspecified atom stereocenters. The van der Waals surface area contributed by atoms with Crippen LogP contribution in [0, 0.1) is 29.6 Å². The molecule has 0 saturated heterocycles. The average molecular weight is 528 g/mol. The minimum atomic E-state index is 0.0185. The fraction of sp³-hybridized carbons (Fsp3) is 0.529. The largest absolute Gasteiger partial charge is 0.361 e. The minimum Gasteiger partial charge on any atom is -0.361 e. The Labute approximate surface area is 233 Å². The summed E-state index contributed by atoms with van der Waals surface area (Å²) in [5.41, 5.74) is 4.66. The maximum absolute atomic E-state index is 13.5. The Balaban J connectivity index is 1.31. The Morgan fingerprint density at radius 3 is 2.44 bits per heavy atom. The van der Waals surface area contributed by atoms with Crippen molar-refractivity contribution in [1.82, 2.24) is 10.3 Å². The molecule has 0 radical (unpaired) electrons. The lowest BCUT2D eigenvalue weighted by atomic mass is 9.70. The standard InChI is InChI=1S/C34H45N3O2/c1-21(2)16-27-18-22(3)17-23(4)32(27)37-34(39)26-12-15-31-29(19-26)30(20-35-31)24-10-13-28(14-11-24)36-33(38)25-8-6-5-7-9-25/h10-15,19-23,25,27,32,35H,5-9,16-18H2,1-4H3,(H,36,38)(H,37,39). The molecule has 0 spiro atoms. The molecule has 0 aliphatic heterocycles. The molecule has 2 saturated carbocycles. The number of benzene rings is 2. The van der Waals surface area contributed by atoms with Crippen molar-refractivity contribution in [3.8, 4) is 11.1 Å². The van der Waals surface area contributed by atoms with E-state index in [4.69, 9.17) is 0 Å². The Morgan fingerprint density at radius 1 is 0.974 bits per heavy atom. The molecule has 39 heavy (non-hydrogen) atoms. The number of hydrogen-bond donors (Lipinski definition) is 3. The molecular formula is C34H45N3O2. The molecule has 1 heterocycles. The molecule has 2 aliphatic rings. The minimum absolute atomic E-state index is 0.0185. The van der Waals surface area contributed by atoms with E-state index in [1.807, 2.05) is 48.7 Å². The van der Waals surface area contributed by atoms with Crippen molar-refractivity contribution in [3.05, 3.63) is 54.2 Å². The van der Waals surface area contributed by atoms with E-state index >= 15 is 0 Å². The summed E-state index contributed by atoms with van der Waals surface area (Å²) in [5, 5.41) is 7.58. The quantitative estimate of drug-likeness (QED) is 0.290. The summed E-state index contributed by atoms with van der Waals surface area (Å²) in [5.74, 6) is 2.63. The van der Waals surface area contributed by atoms with Crippen LogP contribution >= 0.6 is 0 Å². The summed E-state index contributed by atoms with van der Waals surface area (Å²) in [6.07, 6.45) is 11.0. The molecule has 2 fully saturated rings. The van der Waals surface area contributed by atoms with Crippen LogP contribution in [0.5, 0.6) is 0 Å². The number of fused-ring (bicyclic) bond motifs is 1. The van der Waals surface area contributed by atoms with E-state index in [9.17, 15) is 9.59 Å². The van der Waals surface area contributed by atoms with E-state index in [2.05, 4.69) is 43.3 Å². The third kappa shape index (κ3) is 6.40. The molecular weight excluding hydrogens is 482 g/mol. The molecule has 5 rings (SSSR count). The van der Waals surface area contributed by atoms with Gasteiger partial charge >= 0.3 is 0 Å². The number of H-pyrrole nitrogens is 1. The van der Waals surface area contributed by atoms with E-state index in [1.165, 1.54) is 12.8 Å². The normalized spacial score (nSPS) is 24.1. The molecule has 5 heteroatoms. The number of amides is 2. The molecule has 0 bridgehead atoms. The molecule has 2 amide bonds. The maximum Gasteiger partial charge on any atom is 0.251 e. The van der Waals surface area contributed by atoms with E-state index in [0.717, 1.165) is 66.2 Å². The van der Waals surface area contributed by atoms with Crippen molar-refractivity contribution >= 4 is 28.4 Å². The van der Waals surface area contributed by atoms with Gasteiger partial charge in [0.1, 0.15) is 0 Å². The number of carbonyl (C=O) groups is 2. The highest BCUT2D eigenvalue weighted by Crippen LogP contribution is 2.37. The molecule has 4 atom stereocenters. The first kappa shape index (κ1) is 27.5. The SMILES string of the molecule is CC(C)CC1CC(C)CC(C)C1NC(=O)c1ccc2[nH]cc(-c3ccc(NC(=O)C4CCCCC4)cc3)c2c1.